The fraction of sp³-hybridized carbons (Fsp3) is 0.190. The van der Waals surface area contributed by atoms with Gasteiger partial charge in [-0.15, -0.1) is 0 Å². The Bertz CT molecular complexity index is 892. The summed E-state index contributed by atoms with van der Waals surface area (Å²) in [5.74, 6) is 1.82. The van der Waals surface area contributed by atoms with E-state index in [0.29, 0.717) is 28.6 Å². The molecule has 2 aromatic rings. The van der Waals surface area contributed by atoms with Crippen molar-refractivity contribution in [3.8, 4) is 17.2 Å². The van der Waals surface area contributed by atoms with Crippen molar-refractivity contribution in [3.63, 3.8) is 0 Å². The van der Waals surface area contributed by atoms with E-state index < -0.39 is 0 Å². The van der Waals surface area contributed by atoms with Crippen molar-refractivity contribution >= 4 is 23.2 Å². The Balaban J connectivity index is 1.59. The van der Waals surface area contributed by atoms with Crippen molar-refractivity contribution in [3.05, 3.63) is 71.3 Å². The van der Waals surface area contributed by atoms with Crippen molar-refractivity contribution in [2.45, 2.75) is 12.5 Å². The van der Waals surface area contributed by atoms with Gasteiger partial charge < -0.3 is 19.5 Å². The lowest BCUT2D eigenvalue weighted by atomic mass is 10.1. The van der Waals surface area contributed by atoms with Crippen LogP contribution in [0.5, 0.6) is 17.2 Å². The van der Waals surface area contributed by atoms with Crippen molar-refractivity contribution in [2.24, 2.45) is 0 Å². The molecule has 27 heavy (non-hydrogen) atoms. The van der Waals surface area contributed by atoms with Gasteiger partial charge in [-0.2, -0.15) is 0 Å². The van der Waals surface area contributed by atoms with E-state index in [4.69, 9.17) is 25.8 Å². The zero-order valence-corrected chi connectivity index (χ0v) is 15.8. The highest BCUT2D eigenvalue weighted by Crippen LogP contribution is 2.39. The zero-order chi connectivity index (χ0) is 19.2. The number of hydrogen-bond donors (Lipinski definition) is 1. The van der Waals surface area contributed by atoms with Crippen molar-refractivity contribution in [2.75, 3.05) is 19.5 Å². The number of para-hydroxylation sites is 1. The number of carbonyl (C=O) groups excluding carboxylic acids is 1. The summed E-state index contributed by atoms with van der Waals surface area (Å²) in [5.41, 5.74) is 1.70. The average molecular weight is 386 g/mol. The van der Waals surface area contributed by atoms with Crippen LogP contribution < -0.4 is 19.5 Å². The molecule has 1 unspecified atom stereocenters. The second-order valence-corrected chi connectivity index (χ2v) is 6.33. The number of fused-ring (bicyclic) bond motifs is 1. The maximum Gasteiger partial charge on any atom is 0.248 e. The Hall–Kier alpha value is -2.92. The summed E-state index contributed by atoms with van der Waals surface area (Å²) in [6.07, 6.45) is 5.04. The van der Waals surface area contributed by atoms with E-state index in [0.717, 1.165) is 11.3 Å². The minimum atomic E-state index is -0.288. The lowest BCUT2D eigenvalue weighted by molar-refractivity contribution is -0.111. The lowest BCUT2D eigenvalue weighted by Crippen LogP contribution is -2.13. The molecule has 0 spiro atoms. The van der Waals surface area contributed by atoms with Crippen molar-refractivity contribution in [1.29, 1.82) is 0 Å². The Morgan fingerprint density at radius 3 is 2.81 bits per heavy atom. The van der Waals surface area contributed by atoms with Gasteiger partial charge in [0.1, 0.15) is 11.9 Å². The summed E-state index contributed by atoms with van der Waals surface area (Å²) in [6.45, 7) is 0. The van der Waals surface area contributed by atoms with Crippen molar-refractivity contribution < 1.29 is 19.0 Å². The number of benzene rings is 2. The smallest absolute Gasteiger partial charge is 0.248 e. The second-order valence-electron chi connectivity index (χ2n) is 5.89. The van der Waals surface area contributed by atoms with Gasteiger partial charge >= 0.3 is 0 Å². The third kappa shape index (κ3) is 4.63. The Morgan fingerprint density at radius 2 is 2.04 bits per heavy atom. The molecule has 5 nitrogen and oxygen atoms in total. The quantitative estimate of drug-likeness (QED) is 0.594. The van der Waals surface area contributed by atoms with E-state index >= 15 is 0 Å². The highest BCUT2D eigenvalue weighted by atomic mass is 35.5. The Kier molecular flexibility index (Phi) is 6.04. The van der Waals surface area contributed by atoms with Crippen LogP contribution in [0.15, 0.2) is 65.7 Å². The SMILES string of the molecule is COc1cccc(NC(=O)/C=C/C=C(\Cl)C2Cc3cccc(OC)c3O2)c1. The summed E-state index contributed by atoms with van der Waals surface area (Å²) >= 11 is 6.35. The minimum absolute atomic E-state index is 0.263. The fourth-order valence-corrected chi connectivity index (χ4v) is 2.97. The molecule has 0 fully saturated rings. The second kappa shape index (κ2) is 8.64. The number of amides is 1. The van der Waals surface area contributed by atoms with Crippen LogP contribution in [0.2, 0.25) is 0 Å². The van der Waals surface area contributed by atoms with Gasteiger partial charge in [0.15, 0.2) is 11.5 Å². The molecule has 6 heteroatoms. The summed E-state index contributed by atoms with van der Waals surface area (Å²) in [6, 6.07) is 12.9. The van der Waals surface area contributed by atoms with Gasteiger partial charge in [-0.25, -0.2) is 0 Å². The maximum atomic E-state index is 12.0. The van der Waals surface area contributed by atoms with E-state index in [2.05, 4.69) is 5.32 Å². The third-order valence-electron chi connectivity index (χ3n) is 4.09. The molecule has 0 saturated heterocycles. The Labute approximate surface area is 163 Å². The Morgan fingerprint density at radius 1 is 1.22 bits per heavy atom. The summed E-state index contributed by atoms with van der Waals surface area (Å²) in [7, 11) is 3.18. The number of nitrogens with one attached hydrogen (secondary N) is 1. The van der Waals surface area contributed by atoms with Crippen LogP contribution in [0.3, 0.4) is 0 Å². The van der Waals surface area contributed by atoms with Gasteiger partial charge in [0, 0.05) is 29.8 Å². The molecule has 0 saturated carbocycles. The number of methoxy groups -OCH3 is 2. The molecule has 1 aliphatic rings. The number of ether oxygens (including phenoxy) is 3. The number of rotatable bonds is 6. The molecule has 0 radical (unpaired) electrons. The number of halogens is 1. The van der Waals surface area contributed by atoms with Gasteiger partial charge in [-0.05, 0) is 24.3 Å². The number of allylic oxidation sites excluding steroid dienone is 2. The van der Waals surface area contributed by atoms with Crippen LogP contribution in [-0.2, 0) is 11.2 Å². The molecule has 1 atom stereocenters. The van der Waals surface area contributed by atoms with Crippen LogP contribution in [0.1, 0.15) is 5.56 Å². The molecule has 1 amide bonds. The van der Waals surface area contributed by atoms with Crippen molar-refractivity contribution in [1.82, 2.24) is 0 Å². The molecule has 2 aromatic carbocycles. The molecular formula is C21H20ClNO4. The molecular weight excluding hydrogens is 366 g/mol. The zero-order valence-electron chi connectivity index (χ0n) is 15.1. The van der Waals surface area contributed by atoms with Crippen LogP contribution in [0.25, 0.3) is 0 Å². The van der Waals surface area contributed by atoms with E-state index in [1.165, 1.54) is 6.08 Å². The highest BCUT2D eigenvalue weighted by molar-refractivity contribution is 6.30. The van der Waals surface area contributed by atoms with Gasteiger partial charge in [0.25, 0.3) is 0 Å². The predicted octanol–water partition coefficient (Wildman–Crippen LogP) is 4.32. The van der Waals surface area contributed by atoms with Gasteiger partial charge in [-0.3, -0.25) is 4.79 Å². The number of hydrogen-bond acceptors (Lipinski definition) is 4. The highest BCUT2D eigenvalue weighted by Gasteiger charge is 2.27. The van der Waals surface area contributed by atoms with Crippen LogP contribution in [-0.4, -0.2) is 26.2 Å². The van der Waals surface area contributed by atoms with Crippen LogP contribution in [0, 0.1) is 0 Å². The molecule has 0 aliphatic carbocycles. The monoisotopic (exact) mass is 385 g/mol. The topological polar surface area (TPSA) is 56.8 Å². The average Bonchev–Trinajstić information content (AvgIpc) is 3.12. The first-order valence-electron chi connectivity index (χ1n) is 8.42. The summed E-state index contributed by atoms with van der Waals surface area (Å²) in [5, 5.41) is 3.28. The van der Waals surface area contributed by atoms with E-state index in [-0.39, 0.29) is 12.0 Å². The van der Waals surface area contributed by atoms with Gasteiger partial charge in [0.05, 0.1) is 19.3 Å². The largest absolute Gasteiger partial charge is 0.497 e. The van der Waals surface area contributed by atoms with E-state index in [1.54, 1.807) is 44.6 Å². The van der Waals surface area contributed by atoms with Gasteiger partial charge in [0.2, 0.25) is 5.91 Å². The van der Waals surface area contributed by atoms with Crippen LogP contribution >= 0.6 is 11.6 Å². The minimum Gasteiger partial charge on any atom is -0.497 e. The molecule has 140 valence electrons. The normalized spacial score (nSPS) is 16.0. The van der Waals surface area contributed by atoms with Gasteiger partial charge in [-0.1, -0.05) is 35.9 Å². The number of anilines is 1. The lowest BCUT2D eigenvalue weighted by Gasteiger charge is -2.10. The fourth-order valence-electron chi connectivity index (χ4n) is 2.77. The molecule has 3 rings (SSSR count). The summed E-state index contributed by atoms with van der Waals surface area (Å²) in [4.78, 5) is 12.0. The van der Waals surface area contributed by atoms with E-state index in [9.17, 15) is 4.79 Å². The molecule has 0 bridgehead atoms. The third-order valence-corrected chi connectivity index (χ3v) is 4.46. The maximum absolute atomic E-state index is 12.0. The number of carbonyl (C=O) groups is 1. The standard InChI is InChI=1S/C21H20ClNO4/c1-25-16-8-4-7-15(13-16)23-20(24)11-5-9-17(22)19-12-14-6-3-10-18(26-2)21(14)27-19/h3-11,13,19H,12H2,1-2H3,(H,23,24)/b11-5+,17-9-. The molecule has 1 N–H and O–H groups in total. The first-order chi connectivity index (χ1) is 13.1. The first kappa shape index (κ1) is 18.9. The predicted molar refractivity (Wildman–Crippen MR) is 106 cm³/mol. The molecule has 0 aromatic heterocycles. The molecule has 1 aliphatic heterocycles. The van der Waals surface area contributed by atoms with Crippen LogP contribution in [0.4, 0.5) is 5.69 Å². The van der Waals surface area contributed by atoms with E-state index in [1.807, 2.05) is 24.3 Å². The molecule has 1 heterocycles. The summed E-state index contributed by atoms with van der Waals surface area (Å²) < 4.78 is 16.3. The first-order valence-corrected chi connectivity index (χ1v) is 8.80.